The first-order chi connectivity index (χ1) is 5.34. The Morgan fingerprint density at radius 3 is 3.18 bits per heavy atom. The fraction of sp³-hybridized carbons (Fsp3) is 0.333. The highest BCUT2D eigenvalue weighted by atomic mass is 32.1. The molecule has 1 heterocycles. The van der Waals surface area contributed by atoms with Crippen molar-refractivity contribution in [2.24, 2.45) is 5.11 Å². The summed E-state index contributed by atoms with van der Waals surface area (Å²) in [5.74, 6) is 0. The summed E-state index contributed by atoms with van der Waals surface area (Å²) in [6, 6.07) is 1.81. The number of hydrogen-bond acceptors (Lipinski definition) is 3. The molecule has 0 amide bonds. The smallest absolute Gasteiger partial charge is 0.0854 e. The van der Waals surface area contributed by atoms with E-state index in [1.807, 2.05) is 16.8 Å². The second-order valence-corrected chi connectivity index (χ2v) is 2.77. The number of aliphatic hydroxyl groups excluding tert-OH is 1. The Kier molecular flexibility index (Phi) is 2.92. The molecule has 58 valence electrons. The van der Waals surface area contributed by atoms with E-state index in [0.717, 1.165) is 5.56 Å². The van der Waals surface area contributed by atoms with E-state index in [4.69, 9.17) is 5.53 Å². The Hall–Kier alpha value is -1.03. The summed E-state index contributed by atoms with van der Waals surface area (Å²) in [5, 5.41) is 16.2. The number of azide groups is 1. The molecular weight excluding hydrogens is 162 g/mol. The Morgan fingerprint density at radius 2 is 2.64 bits per heavy atom. The van der Waals surface area contributed by atoms with Crippen LogP contribution in [0.2, 0.25) is 0 Å². The average molecular weight is 169 g/mol. The van der Waals surface area contributed by atoms with Crippen molar-refractivity contribution in [1.82, 2.24) is 0 Å². The summed E-state index contributed by atoms with van der Waals surface area (Å²) >= 11 is 1.51. The van der Waals surface area contributed by atoms with E-state index in [9.17, 15) is 5.11 Å². The minimum Gasteiger partial charge on any atom is -0.388 e. The van der Waals surface area contributed by atoms with Crippen molar-refractivity contribution in [3.8, 4) is 0 Å². The molecule has 0 saturated carbocycles. The topological polar surface area (TPSA) is 69.0 Å². The monoisotopic (exact) mass is 169 g/mol. The van der Waals surface area contributed by atoms with Crippen molar-refractivity contribution >= 4 is 11.3 Å². The van der Waals surface area contributed by atoms with Crippen molar-refractivity contribution in [3.05, 3.63) is 32.8 Å². The first-order valence-corrected chi connectivity index (χ1v) is 4.00. The molecule has 0 aliphatic rings. The summed E-state index contributed by atoms with van der Waals surface area (Å²) in [6.07, 6.45) is -0.655. The quantitative estimate of drug-likeness (QED) is 0.420. The van der Waals surface area contributed by atoms with E-state index in [2.05, 4.69) is 10.0 Å². The Bertz CT molecular complexity index is 253. The lowest BCUT2D eigenvalue weighted by atomic mass is 10.2. The zero-order valence-corrected chi connectivity index (χ0v) is 6.53. The lowest BCUT2D eigenvalue weighted by molar-refractivity contribution is 0.187. The van der Waals surface area contributed by atoms with Gasteiger partial charge in [-0.3, -0.25) is 0 Å². The molecule has 0 spiro atoms. The second-order valence-electron chi connectivity index (χ2n) is 1.99. The molecule has 1 N–H and O–H groups in total. The Morgan fingerprint density at radius 1 is 1.82 bits per heavy atom. The highest BCUT2D eigenvalue weighted by Crippen LogP contribution is 2.15. The molecule has 1 aromatic heterocycles. The van der Waals surface area contributed by atoms with E-state index in [-0.39, 0.29) is 6.54 Å². The van der Waals surface area contributed by atoms with Crippen LogP contribution in [0, 0.1) is 0 Å². The van der Waals surface area contributed by atoms with Gasteiger partial charge in [-0.05, 0) is 27.9 Å². The van der Waals surface area contributed by atoms with Crippen LogP contribution >= 0.6 is 11.3 Å². The van der Waals surface area contributed by atoms with Crippen LogP contribution in [-0.2, 0) is 0 Å². The summed E-state index contributed by atoms with van der Waals surface area (Å²) in [4.78, 5) is 2.55. The molecule has 0 unspecified atom stereocenters. The SMILES string of the molecule is [N-]=[N+]=NC[C@@H](O)c1ccsc1. The van der Waals surface area contributed by atoms with Crippen LogP contribution < -0.4 is 0 Å². The molecule has 0 radical (unpaired) electrons. The van der Waals surface area contributed by atoms with Crippen molar-refractivity contribution in [2.75, 3.05) is 6.54 Å². The van der Waals surface area contributed by atoms with Gasteiger partial charge in [-0.2, -0.15) is 11.3 Å². The van der Waals surface area contributed by atoms with Crippen LogP contribution in [0.25, 0.3) is 10.4 Å². The lowest BCUT2D eigenvalue weighted by Gasteiger charge is -2.01. The standard InChI is InChI=1S/C6H7N3OS/c7-9-8-3-6(10)5-1-2-11-4-5/h1-2,4,6,10H,3H2/t6-/m1/s1. The average Bonchev–Trinajstić information content (AvgIpc) is 2.52. The van der Waals surface area contributed by atoms with Gasteiger partial charge in [0.1, 0.15) is 0 Å². The summed E-state index contributed by atoms with van der Waals surface area (Å²) in [7, 11) is 0. The molecule has 0 aromatic carbocycles. The number of aliphatic hydroxyl groups is 1. The molecule has 11 heavy (non-hydrogen) atoms. The maximum Gasteiger partial charge on any atom is 0.0854 e. The van der Waals surface area contributed by atoms with E-state index >= 15 is 0 Å². The first-order valence-electron chi connectivity index (χ1n) is 3.05. The van der Waals surface area contributed by atoms with Crippen molar-refractivity contribution < 1.29 is 5.11 Å². The number of thiophene rings is 1. The maximum absolute atomic E-state index is 9.28. The van der Waals surface area contributed by atoms with Gasteiger partial charge < -0.3 is 5.11 Å². The van der Waals surface area contributed by atoms with Crippen LogP contribution in [0.1, 0.15) is 11.7 Å². The molecular formula is C6H7N3OS. The van der Waals surface area contributed by atoms with E-state index < -0.39 is 6.10 Å². The third-order valence-electron chi connectivity index (χ3n) is 1.25. The zero-order valence-electron chi connectivity index (χ0n) is 5.71. The second kappa shape index (κ2) is 3.98. The molecule has 4 nitrogen and oxygen atoms in total. The van der Waals surface area contributed by atoms with Crippen molar-refractivity contribution in [1.29, 1.82) is 0 Å². The lowest BCUT2D eigenvalue weighted by Crippen LogP contribution is -1.98. The number of nitrogens with zero attached hydrogens (tertiary/aromatic N) is 3. The van der Waals surface area contributed by atoms with Gasteiger partial charge in [-0.1, -0.05) is 5.11 Å². The van der Waals surface area contributed by atoms with Gasteiger partial charge in [0.05, 0.1) is 12.6 Å². The molecule has 0 aliphatic heterocycles. The number of hydrogen-bond donors (Lipinski definition) is 1. The molecule has 0 bridgehead atoms. The van der Waals surface area contributed by atoms with E-state index in [1.54, 1.807) is 0 Å². The molecule has 0 saturated heterocycles. The van der Waals surface area contributed by atoms with Gasteiger partial charge in [-0.25, -0.2) is 0 Å². The van der Waals surface area contributed by atoms with Crippen LogP contribution in [0.5, 0.6) is 0 Å². The highest BCUT2D eigenvalue weighted by Gasteiger charge is 2.04. The van der Waals surface area contributed by atoms with Gasteiger partial charge >= 0.3 is 0 Å². The van der Waals surface area contributed by atoms with Gasteiger partial charge in [0.2, 0.25) is 0 Å². The van der Waals surface area contributed by atoms with Gasteiger partial charge in [0.25, 0.3) is 0 Å². The Labute approximate surface area is 67.7 Å². The van der Waals surface area contributed by atoms with Crippen molar-refractivity contribution in [2.45, 2.75) is 6.10 Å². The van der Waals surface area contributed by atoms with Gasteiger partial charge in [-0.15, -0.1) is 0 Å². The maximum atomic E-state index is 9.28. The van der Waals surface area contributed by atoms with E-state index in [1.165, 1.54) is 11.3 Å². The summed E-state index contributed by atoms with van der Waals surface area (Å²) in [5.41, 5.74) is 8.77. The highest BCUT2D eigenvalue weighted by molar-refractivity contribution is 7.07. The minimum absolute atomic E-state index is 0.104. The normalized spacial score (nSPS) is 12.1. The fourth-order valence-electron chi connectivity index (χ4n) is 0.684. The first kappa shape index (κ1) is 8.07. The van der Waals surface area contributed by atoms with Gasteiger partial charge in [0.15, 0.2) is 0 Å². The van der Waals surface area contributed by atoms with Crippen LogP contribution in [0.4, 0.5) is 0 Å². The van der Waals surface area contributed by atoms with Gasteiger partial charge in [0, 0.05) is 4.91 Å². The molecule has 0 fully saturated rings. The summed E-state index contributed by atoms with van der Waals surface area (Å²) < 4.78 is 0. The molecule has 0 aliphatic carbocycles. The molecule has 1 rings (SSSR count). The van der Waals surface area contributed by atoms with Crippen LogP contribution in [0.3, 0.4) is 0 Å². The van der Waals surface area contributed by atoms with Crippen molar-refractivity contribution in [3.63, 3.8) is 0 Å². The third-order valence-corrected chi connectivity index (χ3v) is 1.95. The predicted octanol–water partition coefficient (Wildman–Crippen LogP) is 2.09. The fourth-order valence-corrected chi connectivity index (χ4v) is 1.39. The van der Waals surface area contributed by atoms with Crippen LogP contribution in [0.15, 0.2) is 21.9 Å². The largest absolute Gasteiger partial charge is 0.388 e. The van der Waals surface area contributed by atoms with Crippen LogP contribution in [-0.4, -0.2) is 11.7 Å². The van der Waals surface area contributed by atoms with E-state index in [0.29, 0.717) is 0 Å². The molecule has 5 heteroatoms. The third kappa shape index (κ3) is 2.23. The predicted molar refractivity (Wildman–Crippen MR) is 43.3 cm³/mol. The zero-order chi connectivity index (χ0) is 8.10. The Balaban J connectivity index is 2.55. The molecule has 1 atom stereocenters. The molecule has 1 aromatic rings. The summed E-state index contributed by atoms with van der Waals surface area (Å²) in [6.45, 7) is 0.104. The number of rotatable bonds is 3. The minimum atomic E-state index is -0.655.